The number of hydrogen-bond acceptors (Lipinski definition) is 8. The zero-order chi connectivity index (χ0) is 19.2. The molecule has 2 atom stereocenters. The predicted octanol–water partition coefficient (Wildman–Crippen LogP) is 1.31. The number of hydrogen-bond donors (Lipinski definition) is 4. The lowest BCUT2D eigenvalue weighted by Gasteiger charge is -2.37. The predicted molar refractivity (Wildman–Crippen MR) is 104 cm³/mol. The molecule has 1 heterocycles. The minimum Gasteiger partial charge on any atom is -0.394 e. The Balaban J connectivity index is 2.15. The van der Waals surface area contributed by atoms with E-state index in [0.717, 1.165) is 11.1 Å². The van der Waals surface area contributed by atoms with Crippen LogP contribution in [0.2, 0.25) is 0 Å². The van der Waals surface area contributed by atoms with Crippen LogP contribution >= 0.6 is 0 Å². The summed E-state index contributed by atoms with van der Waals surface area (Å²) in [5.41, 5.74) is 13.2. The molecule has 0 saturated heterocycles. The number of anilines is 3. The smallest absolute Gasteiger partial charge is 0.233 e. The van der Waals surface area contributed by atoms with Crippen molar-refractivity contribution in [1.29, 1.82) is 0 Å². The van der Waals surface area contributed by atoms with E-state index in [2.05, 4.69) is 15.0 Å². The van der Waals surface area contributed by atoms with E-state index in [1.165, 1.54) is 0 Å². The van der Waals surface area contributed by atoms with Gasteiger partial charge in [-0.2, -0.15) is 15.0 Å². The van der Waals surface area contributed by atoms with E-state index in [4.69, 9.17) is 11.5 Å². The van der Waals surface area contributed by atoms with E-state index in [9.17, 15) is 10.2 Å². The summed E-state index contributed by atoms with van der Waals surface area (Å²) in [7, 11) is 0. The summed E-state index contributed by atoms with van der Waals surface area (Å²) in [6.07, 6.45) is 0. The highest BCUT2D eigenvalue weighted by Gasteiger charge is 2.31. The highest BCUT2D eigenvalue weighted by Crippen LogP contribution is 2.34. The van der Waals surface area contributed by atoms with Gasteiger partial charge in [0, 0.05) is 0 Å². The zero-order valence-corrected chi connectivity index (χ0v) is 14.7. The highest BCUT2D eigenvalue weighted by molar-refractivity contribution is 5.46. The van der Waals surface area contributed by atoms with Crippen LogP contribution in [-0.4, -0.2) is 38.4 Å². The molecule has 1 aromatic heterocycles. The van der Waals surface area contributed by atoms with Crippen molar-refractivity contribution in [2.45, 2.75) is 12.1 Å². The van der Waals surface area contributed by atoms with Gasteiger partial charge in [-0.25, -0.2) is 0 Å². The summed E-state index contributed by atoms with van der Waals surface area (Å²) >= 11 is 0. The molecule has 0 spiro atoms. The topological polar surface area (TPSA) is 134 Å². The Labute approximate surface area is 157 Å². The molecule has 2 unspecified atom stereocenters. The maximum absolute atomic E-state index is 10.2. The van der Waals surface area contributed by atoms with Crippen molar-refractivity contribution in [2.24, 2.45) is 0 Å². The van der Waals surface area contributed by atoms with E-state index >= 15 is 0 Å². The van der Waals surface area contributed by atoms with E-state index < -0.39 is 12.1 Å². The van der Waals surface area contributed by atoms with Crippen LogP contribution in [-0.2, 0) is 0 Å². The third-order valence-electron chi connectivity index (χ3n) is 4.28. The molecule has 0 aliphatic heterocycles. The van der Waals surface area contributed by atoms with Gasteiger partial charge in [0.1, 0.15) is 0 Å². The van der Waals surface area contributed by atoms with Gasteiger partial charge < -0.3 is 26.6 Å². The Kier molecular flexibility index (Phi) is 5.80. The number of aliphatic hydroxyl groups is 2. The van der Waals surface area contributed by atoms with Gasteiger partial charge in [-0.15, -0.1) is 0 Å². The first-order chi connectivity index (χ1) is 13.1. The third-order valence-corrected chi connectivity index (χ3v) is 4.28. The van der Waals surface area contributed by atoms with Crippen molar-refractivity contribution in [3.8, 4) is 0 Å². The van der Waals surface area contributed by atoms with Gasteiger partial charge in [-0.3, -0.25) is 0 Å². The van der Waals surface area contributed by atoms with Crippen LogP contribution in [0.1, 0.15) is 23.2 Å². The van der Waals surface area contributed by atoms with E-state index in [1.807, 2.05) is 60.7 Å². The SMILES string of the molecule is Nc1nc(N)nc(N(C(CO)c2ccccc2)C(CO)c2ccccc2)n1. The molecule has 140 valence electrons. The van der Waals surface area contributed by atoms with Crippen molar-refractivity contribution in [3.05, 3.63) is 71.8 Å². The maximum Gasteiger partial charge on any atom is 0.233 e. The first-order valence-corrected chi connectivity index (χ1v) is 8.51. The highest BCUT2D eigenvalue weighted by atomic mass is 16.3. The van der Waals surface area contributed by atoms with Crippen LogP contribution in [0.15, 0.2) is 60.7 Å². The average molecular weight is 366 g/mol. The average Bonchev–Trinajstić information content (AvgIpc) is 2.69. The van der Waals surface area contributed by atoms with Gasteiger partial charge in [0.05, 0.1) is 25.3 Å². The molecular weight excluding hydrogens is 344 g/mol. The molecule has 0 aliphatic rings. The molecule has 2 aromatic carbocycles. The van der Waals surface area contributed by atoms with Crippen LogP contribution in [0.25, 0.3) is 0 Å². The van der Waals surface area contributed by atoms with Crippen molar-refractivity contribution in [2.75, 3.05) is 29.6 Å². The van der Waals surface area contributed by atoms with Gasteiger partial charge in [-0.1, -0.05) is 60.7 Å². The fraction of sp³-hybridized carbons (Fsp3) is 0.211. The molecule has 6 N–H and O–H groups in total. The summed E-state index contributed by atoms with van der Waals surface area (Å²) in [5.74, 6) is 0.125. The van der Waals surface area contributed by atoms with Gasteiger partial charge in [0.2, 0.25) is 17.8 Å². The number of nitrogens with zero attached hydrogens (tertiary/aromatic N) is 4. The monoisotopic (exact) mass is 366 g/mol. The van der Waals surface area contributed by atoms with Crippen molar-refractivity contribution in [3.63, 3.8) is 0 Å². The van der Waals surface area contributed by atoms with Crippen LogP contribution in [0.5, 0.6) is 0 Å². The lowest BCUT2D eigenvalue weighted by Crippen LogP contribution is -2.38. The number of nitrogen functional groups attached to an aromatic ring is 2. The molecule has 8 heteroatoms. The van der Waals surface area contributed by atoms with Gasteiger partial charge in [0.15, 0.2) is 0 Å². The van der Waals surface area contributed by atoms with Crippen LogP contribution < -0.4 is 16.4 Å². The molecule has 0 amide bonds. The zero-order valence-electron chi connectivity index (χ0n) is 14.7. The van der Waals surface area contributed by atoms with Crippen LogP contribution in [0.3, 0.4) is 0 Å². The lowest BCUT2D eigenvalue weighted by molar-refractivity contribution is 0.219. The van der Waals surface area contributed by atoms with Crippen molar-refractivity contribution in [1.82, 2.24) is 15.0 Å². The molecule has 0 aliphatic carbocycles. The second-order valence-electron chi connectivity index (χ2n) is 5.98. The largest absolute Gasteiger partial charge is 0.394 e. The lowest BCUT2D eigenvalue weighted by atomic mass is 10.0. The summed E-state index contributed by atoms with van der Waals surface area (Å²) in [5, 5.41) is 20.4. The Morgan fingerprint density at radius 1 is 0.704 bits per heavy atom. The first kappa shape index (κ1) is 18.6. The van der Waals surface area contributed by atoms with Crippen LogP contribution in [0, 0.1) is 0 Å². The molecular formula is C19H22N6O2. The standard InChI is InChI=1S/C19H22N6O2/c20-17-22-18(21)24-19(23-17)25(15(11-26)13-7-3-1-4-8-13)16(12-27)14-9-5-2-6-10-14/h1-10,15-16,26-27H,11-12H2,(H4,20,21,22,23,24). The number of nitrogens with two attached hydrogens (primary N) is 2. The van der Waals surface area contributed by atoms with E-state index in [0.29, 0.717) is 0 Å². The summed E-state index contributed by atoms with van der Waals surface area (Å²) in [4.78, 5) is 13.9. The second kappa shape index (κ2) is 8.43. The molecule has 0 saturated carbocycles. The van der Waals surface area contributed by atoms with Gasteiger partial charge >= 0.3 is 0 Å². The number of benzene rings is 2. The molecule has 0 radical (unpaired) electrons. The normalized spacial score (nSPS) is 13.1. The molecule has 8 nitrogen and oxygen atoms in total. The number of aliphatic hydroxyl groups excluding tert-OH is 2. The Morgan fingerprint density at radius 2 is 1.11 bits per heavy atom. The van der Waals surface area contributed by atoms with Gasteiger partial charge in [-0.05, 0) is 11.1 Å². The molecule has 3 rings (SSSR count). The summed E-state index contributed by atoms with van der Waals surface area (Å²) in [6, 6.07) is 17.8. The molecule has 0 bridgehead atoms. The maximum atomic E-state index is 10.2. The molecule has 3 aromatic rings. The minimum absolute atomic E-state index is 0.0306. The quantitative estimate of drug-likeness (QED) is 0.492. The van der Waals surface area contributed by atoms with Crippen LogP contribution in [0.4, 0.5) is 17.8 Å². The van der Waals surface area contributed by atoms with Gasteiger partial charge in [0.25, 0.3) is 0 Å². The molecule has 27 heavy (non-hydrogen) atoms. The number of rotatable bonds is 7. The second-order valence-corrected chi connectivity index (χ2v) is 5.98. The fourth-order valence-corrected chi connectivity index (χ4v) is 3.07. The van der Waals surface area contributed by atoms with E-state index in [-0.39, 0.29) is 31.1 Å². The Bertz CT molecular complexity index is 795. The Hall–Kier alpha value is -3.23. The van der Waals surface area contributed by atoms with Crippen molar-refractivity contribution < 1.29 is 10.2 Å². The number of aromatic nitrogens is 3. The van der Waals surface area contributed by atoms with E-state index in [1.54, 1.807) is 4.90 Å². The fourth-order valence-electron chi connectivity index (χ4n) is 3.07. The summed E-state index contributed by atoms with van der Waals surface area (Å²) < 4.78 is 0. The molecule has 0 fully saturated rings. The van der Waals surface area contributed by atoms with Crippen molar-refractivity contribution >= 4 is 17.8 Å². The first-order valence-electron chi connectivity index (χ1n) is 8.51. The Morgan fingerprint density at radius 3 is 1.48 bits per heavy atom. The third kappa shape index (κ3) is 4.13. The minimum atomic E-state index is -0.523. The summed E-state index contributed by atoms with van der Waals surface area (Å²) in [6.45, 7) is -0.447.